The Morgan fingerprint density at radius 3 is 2.45 bits per heavy atom. The minimum atomic E-state index is -0.807. The van der Waals surface area contributed by atoms with Crippen LogP contribution in [0.4, 0.5) is 14.9 Å². The molecule has 5 aromatic rings. The molecule has 4 amide bonds. The largest absolute Gasteiger partial charge is 0.356 e. The number of benzene rings is 4. The third kappa shape index (κ3) is 4.14. The summed E-state index contributed by atoms with van der Waals surface area (Å²) in [5.74, 6) is -1.26. The Balaban J connectivity index is 1.28. The molecule has 0 aliphatic carbocycles. The number of urea groups is 1. The summed E-state index contributed by atoms with van der Waals surface area (Å²) in [6, 6.07) is 25.5. The normalized spacial score (nSPS) is 17.9. The maximum absolute atomic E-state index is 14.2. The Morgan fingerprint density at radius 1 is 0.929 bits per heavy atom. The summed E-state index contributed by atoms with van der Waals surface area (Å²) in [5, 5.41) is 4.35. The van der Waals surface area contributed by atoms with Crippen LogP contribution in [0, 0.1) is 5.82 Å². The van der Waals surface area contributed by atoms with Crippen LogP contribution in [0.15, 0.2) is 97.1 Å². The van der Waals surface area contributed by atoms with E-state index in [2.05, 4.69) is 10.3 Å². The number of aromatic amines is 1. The molecular weight excluding hydrogens is 555 g/mol. The van der Waals surface area contributed by atoms with Crippen molar-refractivity contribution in [2.24, 2.45) is 0 Å². The van der Waals surface area contributed by atoms with Crippen molar-refractivity contribution in [3.8, 4) is 0 Å². The van der Waals surface area contributed by atoms with Gasteiger partial charge in [0.2, 0.25) is 0 Å². The maximum Gasteiger partial charge on any atom is 0.332 e. The van der Waals surface area contributed by atoms with Gasteiger partial charge < -0.3 is 10.3 Å². The number of fused-ring (bicyclic) bond motifs is 4. The van der Waals surface area contributed by atoms with Crippen LogP contribution < -0.4 is 10.2 Å². The molecule has 2 atom stereocenters. The van der Waals surface area contributed by atoms with Crippen molar-refractivity contribution in [1.82, 2.24) is 15.2 Å². The van der Waals surface area contributed by atoms with Gasteiger partial charge >= 0.3 is 6.03 Å². The minimum Gasteiger partial charge on any atom is -0.356 e. The third-order valence-electron chi connectivity index (χ3n) is 8.02. The van der Waals surface area contributed by atoms with Gasteiger partial charge in [0.25, 0.3) is 11.8 Å². The van der Waals surface area contributed by atoms with E-state index in [-0.39, 0.29) is 17.8 Å². The predicted octanol–water partition coefficient (Wildman–Crippen LogP) is 6.37. The first-order chi connectivity index (χ1) is 20.4. The SMILES string of the molecule is O=C(NCc1ccccc1Cl)c1ccccc1N1C(=O)[C@@H]2Cc3c([nH]c4ccccc34)[C@H](c3ccc(F)cc3)N2C1=O. The van der Waals surface area contributed by atoms with Gasteiger partial charge in [0.15, 0.2) is 0 Å². The van der Waals surface area contributed by atoms with Gasteiger partial charge in [-0.15, -0.1) is 0 Å². The Bertz CT molecular complexity index is 1890. The molecule has 208 valence electrons. The maximum atomic E-state index is 14.2. The van der Waals surface area contributed by atoms with Crippen LogP contribution >= 0.6 is 11.6 Å². The molecule has 1 fully saturated rings. The zero-order valence-electron chi connectivity index (χ0n) is 22.2. The number of carbonyl (C=O) groups is 3. The van der Waals surface area contributed by atoms with Crippen molar-refractivity contribution in [1.29, 1.82) is 0 Å². The number of para-hydroxylation sites is 2. The van der Waals surface area contributed by atoms with Crippen LogP contribution in [0.25, 0.3) is 10.9 Å². The van der Waals surface area contributed by atoms with E-state index in [1.54, 1.807) is 53.4 Å². The van der Waals surface area contributed by atoms with E-state index in [1.807, 2.05) is 36.4 Å². The highest BCUT2D eigenvalue weighted by Crippen LogP contribution is 2.45. The number of hydrogen-bond donors (Lipinski definition) is 2. The number of nitrogens with one attached hydrogen (secondary N) is 2. The van der Waals surface area contributed by atoms with Crippen LogP contribution in [0.1, 0.15) is 38.8 Å². The lowest BCUT2D eigenvalue weighted by atomic mass is 9.89. The van der Waals surface area contributed by atoms with Crippen LogP contribution in [-0.2, 0) is 17.8 Å². The number of nitrogens with zero attached hydrogens (tertiary/aromatic N) is 2. The number of H-pyrrole nitrogens is 1. The summed E-state index contributed by atoms with van der Waals surface area (Å²) in [6.07, 6.45) is 0.305. The molecule has 2 N–H and O–H groups in total. The third-order valence-corrected chi connectivity index (χ3v) is 8.39. The highest BCUT2D eigenvalue weighted by molar-refractivity contribution is 6.31. The monoisotopic (exact) mass is 578 g/mol. The Kier molecular flexibility index (Phi) is 6.28. The fourth-order valence-electron chi connectivity index (χ4n) is 6.06. The Morgan fingerprint density at radius 2 is 1.64 bits per heavy atom. The lowest BCUT2D eigenvalue weighted by molar-refractivity contribution is -0.120. The number of amides is 4. The molecule has 0 saturated carbocycles. The minimum absolute atomic E-state index is 0.178. The van der Waals surface area contributed by atoms with Crippen molar-refractivity contribution >= 4 is 46.0 Å². The topological polar surface area (TPSA) is 85.5 Å². The van der Waals surface area contributed by atoms with Crippen LogP contribution in [-0.4, -0.2) is 33.8 Å². The van der Waals surface area contributed by atoms with E-state index >= 15 is 0 Å². The molecular formula is C33H24ClFN4O3. The van der Waals surface area contributed by atoms with Crippen molar-refractivity contribution in [2.45, 2.75) is 25.0 Å². The molecule has 2 aliphatic heterocycles. The number of carbonyl (C=O) groups excluding carboxylic acids is 3. The molecule has 0 unspecified atom stereocenters. The lowest BCUT2D eigenvalue weighted by Crippen LogP contribution is -2.44. The van der Waals surface area contributed by atoms with Crippen molar-refractivity contribution in [2.75, 3.05) is 4.90 Å². The first-order valence-corrected chi connectivity index (χ1v) is 13.9. The van der Waals surface area contributed by atoms with Gasteiger partial charge in [0, 0.05) is 34.6 Å². The summed E-state index contributed by atoms with van der Waals surface area (Å²) < 4.78 is 13.9. The van der Waals surface area contributed by atoms with E-state index < -0.39 is 35.7 Å². The average molecular weight is 579 g/mol. The summed E-state index contributed by atoms with van der Waals surface area (Å²) in [4.78, 5) is 47.8. The Labute approximate surface area is 245 Å². The summed E-state index contributed by atoms with van der Waals surface area (Å²) in [6.45, 7) is 0.178. The number of rotatable bonds is 5. The van der Waals surface area contributed by atoms with Gasteiger partial charge in [-0.2, -0.15) is 0 Å². The van der Waals surface area contributed by atoms with E-state index in [1.165, 1.54) is 12.1 Å². The van der Waals surface area contributed by atoms with Gasteiger partial charge in [-0.05, 0) is 53.1 Å². The highest BCUT2D eigenvalue weighted by Gasteiger charge is 2.53. The second-order valence-electron chi connectivity index (χ2n) is 10.4. The molecule has 0 bridgehead atoms. The molecule has 42 heavy (non-hydrogen) atoms. The van der Waals surface area contributed by atoms with E-state index in [4.69, 9.17) is 11.6 Å². The summed E-state index contributed by atoms with van der Waals surface area (Å²) in [7, 11) is 0. The number of anilines is 1. The van der Waals surface area contributed by atoms with Crippen LogP contribution in [0.2, 0.25) is 5.02 Å². The molecule has 7 rings (SSSR count). The number of hydrogen-bond acceptors (Lipinski definition) is 3. The molecule has 3 heterocycles. The quantitative estimate of drug-likeness (QED) is 0.238. The van der Waals surface area contributed by atoms with E-state index in [0.717, 1.165) is 32.6 Å². The fourth-order valence-corrected chi connectivity index (χ4v) is 6.26. The molecule has 1 saturated heterocycles. The van der Waals surface area contributed by atoms with Crippen LogP contribution in [0.5, 0.6) is 0 Å². The second kappa shape index (κ2) is 10.2. The molecule has 0 radical (unpaired) electrons. The average Bonchev–Trinajstić information content (AvgIpc) is 3.50. The zero-order chi connectivity index (χ0) is 29.0. The van der Waals surface area contributed by atoms with Gasteiger partial charge in [0.1, 0.15) is 17.9 Å². The number of halogens is 2. The smallest absolute Gasteiger partial charge is 0.332 e. The van der Waals surface area contributed by atoms with E-state index in [9.17, 15) is 18.8 Å². The number of imide groups is 1. The summed E-state index contributed by atoms with van der Waals surface area (Å²) in [5.41, 5.74) is 4.42. The van der Waals surface area contributed by atoms with Gasteiger partial charge in [0.05, 0.1) is 11.3 Å². The molecule has 0 spiro atoms. The second-order valence-corrected chi connectivity index (χ2v) is 10.8. The van der Waals surface area contributed by atoms with Gasteiger partial charge in [-0.1, -0.05) is 72.3 Å². The highest BCUT2D eigenvalue weighted by atomic mass is 35.5. The molecule has 1 aromatic heterocycles. The number of aromatic nitrogens is 1. The first kappa shape index (κ1) is 26.0. The fraction of sp³-hybridized carbons (Fsp3) is 0.121. The van der Waals surface area contributed by atoms with E-state index in [0.29, 0.717) is 17.0 Å². The van der Waals surface area contributed by atoms with Crippen molar-refractivity contribution in [3.63, 3.8) is 0 Å². The Hall–Kier alpha value is -4.95. The van der Waals surface area contributed by atoms with Gasteiger partial charge in [-0.25, -0.2) is 14.1 Å². The standard InChI is InChI=1S/C33H24ClFN4O3/c34-25-10-4-1-7-20(25)18-36-31(40)23-9-3-6-12-27(23)39-32(41)28-17-24-22-8-2-5-11-26(22)37-29(24)30(38(28)33(39)42)19-13-15-21(35)16-14-19/h1-16,28,30,37H,17-18H2,(H,36,40)/t28-,30-/m0/s1. The lowest BCUT2D eigenvalue weighted by Gasteiger charge is -2.36. The summed E-state index contributed by atoms with van der Waals surface area (Å²) >= 11 is 6.26. The van der Waals surface area contributed by atoms with Gasteiger partial charge in [-0.3, -0.25) is 14.5 Å². The van der Waals surface area contributed by atoms with Crippen molar-refractivity contribution in [3.05, 3.63) is 136 Å². The molecule has 7 nitrogen and oxygen atoms in total. The van der Waals surface area contributed by atoms with Crippen LogP contribution in [0.3, 0.4) is 0 Å². The van der Waals surface area contributed by atoms with Crippen molar-refractivity contribution < 1.29 is 18.8 Å². The molecule has 4 aromatic carbocycles. The predicted molar refractivity (Wildman–Crippen MR) is 158 cm³/mol. The zero-order valence-corrected chi connectivity index (χ0v) is 22.9. The first-order valence-electron chi connectivity index (χ1n) is 13.5. The molecule has 9 heteroatoms. The molecule has 2 aliphatic rings.